The number of amides is 1. The highest BCUT2D eigenvalue weighted by atomic mass is 16.5. The average molecular weight is 260 g/mol. The summed E-state index contributed by atoms with van der Waals surface area (Å²) in [6, 6.07) is 7.92. The molecule has 2 fully saturated rings. The van der Waals surface area contributed by atoms with Gasteiger partial charge in [0, 0.05) is 12.1 Å². The van der Waals surface area contributed by atoms with E-state index in [1.807, 2.05) is 29.2 Å². The topological polar surface area (TPSA) is 41.6 Å². The lowest BCUT2D eigenvalue weighted by atomic mass is 9.85. The Morgan fingerprint density at radius 1 is 1.37 bits per heavy atom. The highest BCUT2D eigenvalue weighted by Crippen LogP contribution is 2.34. The van der Waals surface area contributed by atoms with Crippen LogP contribution in [0.4, 0.5) is 0 Å². The molecule has 1 saturated heterocycles. The first-order chi connectivity index (χ1) is 9.29. The van der Waals surface area contributed by atoms with E-state index in [-0.39, 0.29) is 12.1 Å². The van der Waals surface area contributed by atoms with E-state index in [9.17, 15) is 4.79 Å². The lowest BCUT2D eigenvalue weighted by molar-refractivity contribution is -0.129. The summed E-state index contributed by atoms with van der Waals surface area (Å²) >= 11 is 0. The first kappa shape index (κ1) is 12.5. The van der Waals surface area contributed by atoms with E-state index in [0.717, 1.165) is 17.9 Å². The van der Waals surface area contributed by atoms with E-state index >= 15 is 0 Å². The molecule has 1 atom stereocenters. The molecular weight excluding hydrogens is 240 g/mol. The number of para-hydroxylation sites is 1. The quantitative estimate of drug-likeness (QED) is 0.899. The normalized spacial score (nSPS) is 23.5. The van der Waals surface area contributed by atoms with Crippen molar-refractivity contribution in [2.24, 2.45) is 5.92 Å². The molecule has 1 saturated carbocycles. The van der Waals surface area contributed by atoms with Gasteiger partial charge in [0.2, 0.25) is 5.91 Å². The third-order valence-electron chi connectivity index (χ3n) is 4.19. The fourth-order valence-electron chi connectivity index (χ4n) is 2.87. The molecule has 3 rings (SSSR count). The largest absolute Gasteiger partial charge is 0.496 e. The first-order valence-electron chi connectivity index (χ1n) is 6.95. The molecule has 1 aliphatic heterocycles. The summed E-state index contributed by atoms with van der Waals surface area (Å²) in [5.41, 5.74) is 1.05. The third kappa shape index (κ3) is 2.32. The predicted octanol–water partition coefficient (Wildman–Crippen LogP) is 1.93. The SMILES string of the molecule is COc1ccccc1C1NCC(=O)N1CC1CCC1. The van der Waals surface area contributed by atoms with Gasteiger partial charge in [-0.05, 0) is 24.8 Å². The third-order valence-corrected chi connectivity index (χ3v) is 4.19. The van der Waals surface area contributed by atoms with Crippen LogP contribution in [0.1, 0.15) is 31.0 Å². The molecule has 1 aromatic rings. The molecule has 0 aromatic heterocycles. The second-order valence-electron chi connectivity index (χ2n) is 5.37. The zero-order valence-electron chi connectivity index (χ0n) is 11.3. The van der Waals surface area contributed by atoms with Gasteiger partial charge >= 0.3 is 0 Å². The van der Waals surface area contributed by atoms with Crippen molar-refractivity contribution in [3.8, 4) is 5.75 Å². The second kappa shape index (κ2) is 5.21. The number of nitrogens with zero attached hydrogens (tertiary/aromatic N) is 1. The van der Waals surface area contributed by atoms with Crippen molar-refractivity contribution >= 4 is 5.91 Å². The molecule has 0 bridgehead atoms. The zero-order valence-corrected chi connectivity index (χ0v) is 11.3. The van der Waals surface area contributed by atoms with Gasteiger partial charge in [0.15, 0.2) is 0 Å². The summed E-state index contributed by atoms with van der Waals surface area (Å²) < 4.78 is 5.41. The monoisotopic (exact) mass is 260 g/mol. The average Bonchev–Trinajstić information content (AvgIpc) is 2.75. The summed E-state index contributed by atoms with van der Waals surface area (Å²) in [7, 11) is 1.67. The molecule has 1 aliphatic carbocycles. The molecular formula is C15H20N2O2. The number of hydrogen-bond acceptors (Lipinski definition) is 3. The molecule has 1 heterocycles. The van der Waals surface area contributed by atoms with Crippen LogP contribution in [0.25, 0.3) is 0 Å². The molecule has 1 N–H and O–H groups in total. The number of ether oxygens (including phenoxy) is 1. The van der Waals surface area contributed by atoms with E-state index in [1.54, 1.807) is 7.11 Å². The Balaban J connectivity index is 1.83. The Bertz CT molecular complexity index is 471. The van der Waals surface area contributed by atoms with Crippen LogP contribution in [0.15, 0.2) is 24.3 Å². The Hall–Kier alpha value is -1.55. The Morgan fingerprint density at radius 2 is 2.16 bits per heavy atom. The molecule has 19 heavy (non-hydrogen) atoms. The summed E-state index contributed by atoms with van der Waals surface area (Å²) in [5, 5.41) is 3.30. The number of carbonyl (C=O) groups excluding carboxylic acids is 1. The summed E-state index contributed by atoms with van der Waals surface area (Å²) in [6.07, 6.45) is 3.77. The van der Waals surface area contributed by atoms with Crippen LogP contribution in [0.3, 0.4) is 0 Å². The van der Waals surface area contributed by atoms with Gasteiger partial charge in [-0.2, -0.15) is 0 Å². The number of benzene rings is 1. The number of rotatable bonds is 4. The van der Waals surface area contributed by atoms with Gasteiger partial charge in [-0.15, -0.1) is 0 Å². The maximum atomic E-state index is 12.1. The standard InChI is InChI=1S/C15H20N2O2/c1-19-13-8-3-2-7-12(13)15-16-9-14(18)17(15)10-11-5-4-6-11/h2-3,7-8,11,15-16H,4-6,9-10H2,1H3. The minimum Gasteiger partial charge on any atom is -0.496 e. The molecule has 4 nitrogen and oxygen atoms in total. The smallest absolute Gasteiger partial charge is 0.238 e. The van der Waals surface area contributed by atoms with Crippen LogP contribution in [-0.4, -0.2) is 31.0 Å². The van der Waals surface area contributed by atoms with Crippen molar-refractivity contribution in [1.82, 2.24) is 10.2 Å². The minimum atomic E-state index is -0.0377. The molecule has 0 spiro atoms. The molecule has 2 aliphatic rings. The van der Waals surface area contributed by atoms with E-state index in [1.165, 1.54) is 19.3 Å². The molecule has 1 amide bonds. The Morgan fingerprint density at radius 3 is 2.84 bits per heavy atom. The predicted molar refractivity (Wildman–Crippen MR) is 72.8 cm³/mol. The maximum absolute atomic E-state index is 12.1. The zero-order chi connectivity index (χ0) is 13.2. The number of methoxy groups -OCH3 is 1. The summed E-state index contributed by atoms with van der Waals surface area (Å²) in [4.78, 5) is 14.0. The highest BCUT2D eigenvalue weighted by molar-refractivity contribution is 5.81. The van der Waals surface area contributed by atoms with Crippen molar-refractivity contribution in [3.63, 3.8) is 0 Å². The number of hydrogen-bond donors (Lipinski definition) is 1. The van der Waals surface area contributed by atoms with Crippen LogP contribution in [0, 0.1) is 5.92 Å². The number of carbonyl (C=O) groups is 1. The molecule has 4 heteroatoms. The van der Waals surface area contributed by atoms with Gasteiger partial charge in [0.1, 0.15) is 11.9 Å². The van der Waals surface area contributed by atoms with Crippen LogP contribution >= 0.6 is 0 Å². The van der Waals surface area contributed by atoms with Crippen LogP contribution < -0.4 is 10.1 Å². The van der Waals surface area contributed by atoms with Crippen molar-refractivity contribution in [2.75, 3.05) is 20.2 Å². The van der Waals surface area contributed by atoms with Crippen LogP contribution in [0.2, 0.25) is 0 Å². The van der Waals surface area contributed by atoms with Crippen LogP contribution in [0.5, 0.6) is 5.75 Å². The van der Waals surface area contributed by atoms with E-state index in [2.05, 4.69) is 5.32 Å². The van der Waals surface area contributed by atoms with Gasteiger partial charge < -0.3 is 9.64 Å². The van der Waals surface area contributed by atoms with Crippen molar-refractivity contribution in [3.05, 3.63) is 29.8 Å². The summed E-state index contributed by atoms with van der Waals surface area (Å²) in [6.45, 7) is 1.30. The molecule has 1 unspecified atom stereocenters. The lowest BCUT2D eigenvalue weighted by Crippen LogP contribution is -2.36. The van der Waals surface area contributed by atoms with E-state index in [0.29, 0.717) is 12.5 Å². The fraction of sp³-hybridized carbons (Fsp3) is 0.533. The Kier molecular flexibility index (Phi) is 3.42. The Labute approximate surface area is 113 Å². The van der Waals surface area contributed by atoms with Crippen molar-refractivity contribution in [2.45, 2.75) is 25.4 Å². The molecule has 0 radical (unpaired) electrons. The molecule has 1 aromatic carbocycles. The van der Waals surface area contributed by atoms with E-state index in [4.69, 9.17) is 4.74 Å². The van der Waals surface area contributed by atoms with Gasteiger partial charge in [-0.25, -0.2) is 0 Å². The first-order valence-corrected chi connectivity index (χ1v) is 6.95. The van der Waals surface area contributed by atoms with Gasteiger partial charge in [-0.3, -0.25) is 10.1 Å². The van der Waals surface area contributed by atoms with Crippen molar-refractivity contribution in [1.29, 1.82) is 0 Å². The summed E-state index contributed by atoms with van der Waals surface area (Å²) in [5.74, 6) is 1.72. The van der Waals surface area contributed by atoms with Crippen LogP contribution in [-0.2, 0) is 4.79 Å². The van der Waals surface area contributed by atoms with Gasteiger partial charge in [0.05, 0.1) is 13.7 Å². The van der Waals surface area contributed by atoms with Crippen molar-refractivity contribution < 1.29 is 9.53 Å². The van der Waals surface area contributed by atoms with E-state index < -0.39 is 0 Å². The highest BCUT2D eigenvalue weighted by Gasteiger charge is 2.35. The minimum absolute atomic E-state index is 0.0377. The van der Waals surface area contributed by atoms with Gasteiger partial charge in [0.25, 0.3) is 0 Å². The number of nitrogens with one attached hydrogen (secondary N) is 1. The maximum Gasteiger partial charge on any atom is 0.238 e. The lowest BCUT2D eigenvalue weighted by Gasteiger charge is -2.33. The second-order valence-corrected chi connectivity index (χ2v) is 5.37. The van der Waals surface area contributed by atoms with Gasteiger partial charge in [-0.1, -0.05) is 24.6 Å². The molecule has 102 valence electrons. The fourth-order valence-corrected chi connectivity index (χ4v) is 2.87.